The van der Waals surface area contributed by atoms with E-state index in [0.29, 0.717) is 26.2 Å². The molecule has 14 heavy (non-hydrogen) atoms. The van der Waals surface area contributed by atoms with Crippen molar-refractivity contribution in [3.05, 3.63) is 12.2 Å². The first-order valence-corrected chi connectivity index (χ1v) is 4.42. The van der Waals surface area contributed by atoms with Crippen molar-refractivity contribution >= 4 is 5.97 Å². The number of aliphatic hydroxyl groups excluding tert-OH is 1. The van der Waals surface area contributed by atoms with Crippen molar-refractivity contribution in [2.24, 2.45) is 0 Å². The number of hydrogen-bond donors (Lipinski definition) is 2. The molecular weight excluding hydrogens is 186 g/mol. The van der Waals surface area contributed by atoms with Gasteiger partial charge in [0.05, 0.1) is 13.2 Å². The summed E-state index contributed by atoms with van der Waals surface area (Å²) in [7, 11) is 1.60. The lowest BCUT2D eigenvalue weighted by atomic mass is 10.4. The number of carboxylic acid groups (broad SMARTS) is 1. The molecule has 0 rings (SSSR count). The molecular formula is C9H17NO4. The molecule has 5 heteroatoms. The Kier molecular flexibility index (Phi) is 8.11. The van der Waals surface area contributed by atoms with E-state index in [0.717, 1.165) is 6.08 Å². The van der Waals surface area contributed by atoms with Gasteiger partial charge in [-0.05, 0) is 0 Å². The molecule has 0 spiro atoms. The third kappa shape index (κ3) is 7.72. The Morgan fingerprint density at radius 2 is 2.21 bits per heavy atom. The molecule has 0 aromatic rings. The third-order valence-corrected chi connectivity index (χ3v) is 1.65. The van der Waals surface area contributed by atoms with E-state index in [9.17, 15) is 4.79 Å². The minimum atomic E-state index is -0.958. The number of hydrogen-bond acceptors (Lipinski definition) is 4. The van der Waals surface area contributed by atoms with Crippen LogP contribution in [0.1, 0.15) is 0 Å². The summed E-state index contributed by atoms with van der Waals surface area (Å²) in [6, 6.07) is 0. The van der Waals surface area contributed by atoms with Gasteiger partial charge in [0.1, 0.15) is 0 Å². The summed E-state index contributed by atoms with van der Waals surface area (Å²) in [5.74, 6) is -0.958. The average Bonchev–Trinajstić information content (AvgIpc) is 2.13. The van der Waals surface area contributed by atoms with Crippen LogP contribution in [0.3, 0.4) is 0 Å². The maximum absolute atomic E-state index is 10.2. The van der Waals surface area contributed by atoms with Crippen LogP contribution in [0.2, 0.25) is 0 Å². The number of rotatable bonds is 8. The van der Waals surface area contributed by atoms with Gasteiger partial charge in [-0.25, -0.2) is 4.79 Å². The van der Waals surface area contributed by atoms with Crippen molar-refractivity contribution in [3.63, 3.8) is 0 Å². The van der Waals surface area contributed by atoms with Gasteiger partial charge in [0.25, 0.3) is 0 Å². The molecule has 0 saturated carbocycles. The third-order valence-electron chi connectivity index (χ3n) is 1.65. The van der Waals surface area contributed by atoms with Crippen LogP contribution >= 0.6 is 0 Å². The van der Waals surface area contributed by atoms with Crippen LogP contribution in [0.4, 0.5) is 0 Å². The minimum Gasteiger partial charge on any atom is -0.478 e. The number of aliphatic hydroxyl groups is 1. The Morgan fingerprint density at radius 3 is 2.71 bits per heavy atom. The quantitative estimate of drug-likeness (QED) is 0.524. The van der Waals surface area contributed by atoms with Gasteiger partial charge >= 0.3 is 5.97 Å². The van der Waals surface area contributed by atoms with Crippen LogP contribution in [-0.2, 0) is 9.53 Å². The van der Waals surface area contributed by atoms with Crippen LogP contribution in [0, 0.1) is 0 Å². The zero-order chi connectivity index (χ0) is 10.8. The van der Waals surface area contributed by atoms with Gasteiger partial charge < -0.3 is 14.9 Å². The molecule has 82 valence electrons. The highest BCUT2D eigenvalue weighted by Crippen LogP contribution is 1.89. The van der Waals surface area contributed by atoms with E-state index >= 15 is 0 Å². The molecule has 0 saturated heterocycles. The fraction of sp³-hybridized carbons (Fsp3) is 0.667. The van der Waals surface area contributed by atoms with Crippen molar-refractivity contribution in [1.82, 2.24) is 4.90 Å². The first-order valence-electron chi connectivity index (χ1n) is 4.42. The average molecular weight is 203 g/mol. The van der Waals surface area contributed by atoms with E-state index in [2.05, 4.69) is 0 Å². The first kappa shape index (κ1) is 13.1. The van der Waals surface area contributed by atoms with Crippen LogP contribution in [0.15, 0.2) is 12.2 Å². The van der Waals surface area contributed by atoms with E-state index in [4.69, 9.17) is 14.9 Å². The number of methoxy groups -OCH3 is 1. The summed E-state index contributed by atoms with van der Waals surface area (Å²) in [5.41, 5.74) is 0. The highest BCUT2D eigenvalue weighted by molar-refractivity contribution is 5.79. The van der Waals surface area contributed by atoms with E-state index in [1.807, 2.05) is 4.90 Å². The molecule has 0 aliphatic rings. The van der Waals surface area contributed by atoms with Crippen molar-refractivity contribution in [3.8, 4) is 0 Å². The maximum Gasteiger partial charge on any atom is 0.328 e. The summed E-state index contributed by atoms with van der Waals surface area (Å²) in [6.07, 6.45) is 2.64. The lowest BCUT2D eigenvalue weighted by Crippen LogP contribution is -2.30. The lowest BCUT2D eigenvalue weighted by Gasteiger charge is -2.18. The van der Waals surface area contributed by atoms with E-state index in [-0.39, 0.29) is 6.61 Å². The van der Waals surface area contributed by atoms with Crippen molar-refractivity contribution in [2.75, 3.05) is 40.0 Å². The molecule has 0 aliphatic carbocycles. The Hall–Kier alpha value is -0.910. The van der Waals surface area contributed by atoms with Gasteiger partial charge in [0.15, 0.2) is 0 Å². The Balaban J connectivity index is 3.77. The lowest BCUT2D eigenvalue weighted by molar-refractivity contribution is -0.131. The zero-order valence-corrected chi connectivity index (χ0v) is 8.35. The second-order valence-corrected chi connectivity index (χ2v) is 2.76. The number of aliphatic carboxylic acids is 1. The summed E-state index contributed by atoms with van der Waals surface area (Å²) < 4.78 is 4.88. The molecule has 0 heterocycles. The monoisotopic (exact) mass is 203 g/mol. The molecule has 0 bridgehead atoms. The van der Waals surface area contributed by atoms with E-state index in [1.54, 1.807) is 13.2 Å². The number of ether oxygens (including phenoxy) is 1. The van der Waals surface area contributed by atoms with Crippen LogP contribution in [0.5, 0.6) is 0 Å². The van der Waals surface area contributed by atoms with Gasteiger partial charge in [-0.2, -0.15) is 0 Å². The second kappa shape index (κ2) is 8.68. The molecule has 0 amide bonds. The van der Waals surface area contributed by atoms with Crippen LogP contribution < -0.4 is 0 Å². The smallest absolute Gasteiger partial charge is 0.328 e. The molecule has 0 fully saturated rings. The molecule has 0 radical (unpaired) electrons. The molecule has 0 aromatic heterocycles. The zero-order valence-electron chi connectivity index (χ0n) is 8.35. The molecule has 0 atom stereocenters. The summed E-state index contributed by atoms with van der Waals surface area (Å²) in [6.45, 7) is 2.34. The number of carbonyl (C=O) groups is 1. The van der Waals surface area contributed by atoms with Gasteiger partial charge in [-0.15, -0.1) is 0 Å². The fourth-order valence-electron chi connectivity index (χ4n) is 0.959. The normalized spacial score (nSPS) is 11.4. The first-order chi connectivity index (χ1) is 6.70. The summed E-state index contributed by atoms with van der Waals surface area (Å²) in [5, 5.41) is 17.1. The predicted octanol–water partition coefficient (Wildman–Crippen LogP) is -0.432. The molecule has 0 aromatic carbocycles. The van der Waals surface area contributed by atoms with Crippen molar-refractivity contribution in [2.45, 2.75) is 0 Å². The second-order valence-electron chi connectivity index (χ2n) is 2.76. The van der Waals surface area contributed by atoms with Gasteiger partial charge in [0.2, 0.25) is 0 Å². The fourth-order valence-corrected chi connectivity index (χ4v) is 0.959. The molecule has 0 unspecified atom stereocenters. The summed E-state index contributed by atoms with van der Waals surface area (Å²) >= 11 is 0. The molecule has 2 N–H and O–H groups in total. The number of nitrogens with zero attached hydrogens (tertiary/aromatic N) is 1. The SMILES string of the molecule is COCCN(C/C=C/C(=O)O)CCO. The van der Waals surface area contributed by atoms with E-state index in [1.165, 1.54) is 0 Å². The minimum absolute atomic E-state index is 0.0601. The topological polar surface area (TPSA) is 70.0 Å². The maximum atomic E-state index is 10.2. The summed E-state index contributed by atoms with van der Waals surface area (Å²) in [4.78, 5) is 12.1. The van der Waals surface area contributed by atoms with Crippen LogP contribution in [0.25, 0.3) is 0 Å². The van der Waals surface area contributed by atoms with Gasteiger partial charge in [-0.1, -0.05) is 6.08 Å². The van der Waals surface area contributed by atoms with Gasteiger partial charge in [-0.3, -0.25) is 4.90 Å². The van der Waals surface area contributed by atoms with Crippen molar-refractivity contribution in [1.29, 1.82) is 0 Å². The Bertz CT molecular complexity index is 182. The molecule has 5 nitrogen and oxygen atoms in total. The highest BCUT2D eigenvalue weighted by Gasteiger charge is 2.01. The Morgan fingerprint density at radius 1 is 1.50 bits per heavy atom. The predicted molar refractivity (Wildman–Crippen MR) is 52.2 cm³/mol. The van der Waals surface area contributed by atoms with Crippen molar-refractivity contribution < 1.29 is 19.7 Å². The molecule has 0 aliphatic heterocycles. The van der Waals surface area contributed by atoms with Gasteiger partial charge in [0, 0.05) is 32.8 Å². The highest BCUT2D eigenvalue weighted by atomic mass is 16.5. The largest absolute Gasteiger partial charge is 0.478 e. The number of carboxylic acids is 1. The Labute approximate surface area is 83.6 Å². The van der Waals surface area contributed by atoms with E-state index < -0.39 is 5.97 Å². The standard InChI is InChI=1S/C9H17NO4/c1-14-8-6-10(5-7-11)4-2-3-9(12)13/h2-3,11H,4-8H2,1H3,(H,12,13)/b3-2+. The van der Waals surface area contributed by atoms with Crippen LogP contribution in [-0.4, -0.2) is 61.0 Å².